The van der Waals surface area contributed by atoms with Gasteiger partial charge < -0.3 is 5.21 Å². The molecule has 0 spiro atoms. The van der Waals surface area contributed by atoms with Gasteiger partial charge in [-0.2, -0.15) is 0 Å². The molecular weight excluding hydrogens is 114 g/mol. The van der Waals surface area contributed by atoms with Crippen LogP contribution in [-0.4, -0.2) is 10.9 Å². The first kappa shape index (κ1) is 6.59. The van der Waals surface area contributed by atoms with E-state index in [1.807, 2.05) is 0 Å². The molecule has 1 fully saturated rings. The van der Waals surface area contributed by atoms with Crippen molar-refractivity contribution >= 4 is 5.71 Å². The lowest BCUT2D eigenvalue weighted by Gasteiger charge is -2.30. The fourth-order valence-electron chi connectivity index (χ4n) is 1.28. The predicted molar refractivity (Wildman–Crippen MR) is 36.8 cm³/mol. The molecule has 1 N–H and O–H groups in total. The van der Waals surface area contributed by atoms with E-state index < -0.39 is 0 Å². The molecule has 0 saturated heterocycles. The summed E-state index contributed by atoms with van der Waals surface area (Å²) in [5, 5.41) is 11.6. The molecule has 1 unspecified atom stereocenters. The minimum absolute atomic E-state index is 0.565. The van der Waals surface area contributed by atoms with Gasteiger partial charge in [-0.25, -0.2) is 0 Å². The molecular formula is C7H13NO. The lowest BCUT2D eigenvalue weighted by Crippen LogP contribution is -2.30. The molecule has 1 rings (SSSR count). The molecule has 0 aliphatic heterocycles. The SMILES string of the molecule is CC(C)C1CCC1=NO. The highest BCUT2D eigenvalue weighted by atomic mass is 16.4. The highest BCUT2D eigenvalue weighted by molar-refractivity contribution is 5.91. The van der Waals surface area contributed by atoms with Crippen LogP contribution in [0.2, 0.25) is 0 Å². The minimum atomic E-state index is 0.565. The third-order valence-corrected chi connectivity index (χ3v) is 2.07. The Hall–Kier alpha value is -0.530. The molecule has 0 heterocycles. The number of hydrogen-bond acceptors (Lipinski definition) is 2. The summed E-state index contributed by atoms with van der Waals surface area (Å²) in [5.74, 6) is 1.21. The molecule has 0 aromatic rings. The summed E-state index contributed by atoms with van der Waals surface area (Å²) in [6, 6.07) is 0. The molecule has 1 aliphatic rings. The van der Waals surface area contributed by atoms with Crippen LogP contribution in [0.3, 0.4) is 0 Å². The number of rotatable bonds is 1. The zero-order valence-electron chi connectivity index (χ0n) is 5.96. The molecule has 1 atom stereocenters. The fraction of sp³-hybridized carbons (Fsp3) is 0.857. The van der Waals surface area contributed by atoms with Gasteiger partial charge in [-0.15, -0.1) is 0 Å². The van der Waals surface area contributed by atoms with Gasteiger partial charge in [0.1, 0.15) is 0 Å². The Morgan fingerprint density at radius 3 is 2.44 bits per heavy atom. The summed E-state index contributed by atoms with van der Waals surface area (Å²) in [6.07, 6.45) is 2.20. The lowest BCUT2D eigenvalue weighted by atomic mass is 9.75. The largest absolute Gasteiger partial charge is 0.411 e. The monoisotopic (exact) mass is 127 g/mol. The van der Waals surface area contributed by atoms with E-state index in [0.29, 0.717) is 11.8 Å². The Balaban J connectivity index is 2.45. The highest BCUT2D eigenvalue weighted by Gasteiger charge is 2.28. The molecule has 0 bridgehead atoms. The first-order valence-electron chi connectivity index (χ1n) is 3.46. The Morgan fingerprint density at radius 2 is 2.33 bits per heavy atom. The van der Waals surface area contributed by atoms with E-state index in [-0.39, 0.29) is 0 Å². The molecule has 0 radical (unpaired) electrons. The van der Waals surface area contributed by atoms with Crippen LogP contribution in [0.25, 0.3) is 0 Å². The first-order valence-corrected chi connectivity index (χ1v) is 3.46. The third-order valence-electron chi connectivity index (χ3n) is 2.07. The Labute approximate surface area is 55.6 Å². The summed E-state index contributed by atoms with van der Waals surface area (Å²) in [7, 11) is 0. The number of oxime groups is 1. The molecule has 0 amide bonds. The smallest absolute Gasteiger partial charge is 0.0604 e. The first-order chi connectivity index (χ1) is 4.25. The third kappa shape index (κ3) is 1.07. The van der Waals surface area contributed by atoms with Crippen molar-refractivity contribution in [3.05, 3.63) is 0 Å². The van der Waals surface area contributed by atoms with Gasteiger partial charge >= 0.3 is 0 Å². The van der Waals surface area contributed by atoms with Crippen LogP contribution in [0.15, 0.2) is 5.16 Å². The fourth-order valence-corrected chi connectivity index (χ4v) is 1.28. The predicted octanol–water partition coefficient (Wildman–Crippen LogP) is 1.88. The van der Waals surface area contributed by atoms with E-state index in [2.05, 4.69) is 19.0 Å². The zero-order valence-corrected chi connectivity index (χ0v) is 5.96. The van der Waals surface area contributed by atoms with Gasteiger partial charge in [-0.1, -0.05) is 19.0 Å². The van der Waals surface area contributed by atoms with Crippen LogP contribution in [-0.2, 0) is 0 Å². The minimum Gasteiger partial charge on any atom is -0.411 e. The topological polar surface area (TPSA) is 32.6 Å². The van der Waals surface area contributed by atoms with Crippen molar-refractivity contribution in [2.75, 3.05) is 0 Å². The van der Waals surface area contributed by atoms with Gasteiger partial charge in [-0.05, 0) is 18.8 Å². The van der Waals surface area contributed by atoms with Gasteiger partial charge in [0.15, 0.2) is 0 Å². The molecule has 0 aromatic heterocycles. The zero-order chi connectivity index (χ0) is 6.85. The van der Waals surface area contributed by atoms with Gasteiger partial charge in [0.2, 0.25) is 0 Å². The molecule has 1 aliphatic carbocycles. The summed E-state index contributed by atoms with van der Waals surface area (Å²) in [6.45, 7) is 4.32. The average molecular weight is 127 g/mol. The van der Waals surface area contributed by atoms with Gasteiger partial charge in [0.05, 0.1) is 5.71 Å². The molecule has 2 nitrogen and oxygen atoms in total. The van der Waals surface area contributed by atoms with E-state index in [4.69, 9.17) is 5.21 Å². The highest BCUT2D eigenvalue weighted by Crippen LogP contribution is 2.30. The van der Waals surface area contributed by atoms with E-state index in [1.165, 1.54) is 6.42 Å². The Kier molecular flexibility index (Phi) is 1.74. The quantitative estimate of drug-likeness (QED) is 0.423. The average Bonchev–Trinajstić information content (AvgIpc) is 1.61. The van der Waals surface area contributed by atoms with Crippen LogP contribution in [0, 0.1) is 11.8 Å². The van der Waals surface area contributed by atoms with Crippen molar-refractivity contribution in [1.82, 2.24) is 0 Å². The van der Waals surface area contributed by atoms with Gasteiger partial charge in [0, 0.05) is 5.92 Å². The van der Waals surface area contributed by atoms with Gasteiger partial charge in [0.25, 0.3) is 0 Å². The maximum Gasteiger partial charge on any atom is 0.0604 e. The van der Waals surface area contributed by atoms with Crippen molar-refractivity contribution < 1.29 is 5.21 Å². The summed E-state index contributed by atoms with van der Waals surface area (Å²) in [4.78, 5) is 0. The lowest BCUT2D eigenvalue weighted by molar-refractivity contribution is 0.295. The molecule has 1 saturated carbocycles. The second kappa shape index (κ2) is 2.38. The molecule has 52 valence electrons. The van der Waals surface area contributed by atoms with Crippen LogP contribution in [0.4, 0.5) is 0 Å². The van der Waals surface area contributed by atoms with Crippen LogP contribution >= 0.6 is 0 Å². The molecule has 0 aromatic carbocycles. The Bertz CT molecular complexity index is 129. The summed E-state index contributed by atoms with van der Waals surface area (Å²) >= 11 is 0. The summed E-state index contributed by atoms with van der Waals surface area (Å²) < 4.78 is 0. The summed E-state index contributed by atoms with van der Waals surface area (Å²) in [5.41, 5.74) is 0.991. The number of hydrogen-bond donors (Lipinski definition) is 1. The van der Waals surface area contributed by atoms with Crippen molar-refractivity contribution in [1.29, 1.82) is 0 Å². The van der Waals surface area contributed by atoms with Crippen LogP contribution in [0.1, 0.15) is 26.7 Å². The van der Waals surface area contributed by atoms with Crippen LogP contribution in [0.5, 0.6) is 0 Å². The van der Waals surface area contributed by atoms with E-state index in [1.54, 1.807) is 0 Å². The van der Waals surface area contributed by atoms with Crippen molar-refractivity contribution in [3.8, 4) is 0 Å². The normalized spacial score (nSPS) is 31.0. The van der Waals surface area contributed by atoms with E-state index >= 15 is 0 Å². The Morgan fingerprint density at radius 1 is 1.67 bits per heavy atom. The van der Waals surface area contributed by atoms with Crippen molar-refractivity contribution in [2.24, 2.45) is 17.0 Å². The van der Waals surface area contributed by atoms with Gasteiger partial charge in [-0.3, -0.25) is 0 Å². The van der Waals surface area contributed by atoms with E-state index in [9.17, 15) is 0 Å². The van der Waals surface area contributed by atoms with Crippen LogP contribution < -0.4 is 0 Å². The molecule has 2 heteroatoms. The maximum atomic E-state index is 8.39. The maximum absolute atomic E-state index is 8.39. The van der Waals surface area contributed by atoms with Crippen molar-refractivity contribution in [2.45, 2.75) is 26.7 Å². The number of nitrogens with zero attached hydrogens (tertiary/aromatic N) is 1. The van der Waals surface area contributed by atoms with E-state index in [0.717, 1.165) is 12.1 Å². The standard InChI is InChI=1S/C7H13NO/c1-5(2)6-3-4-7(6)8-9/h5-6,9H,3-4H2,1-2H3. The second-order valence-electron chi connectivity index (χ2n) is 2.98. The molecule has 9 heavy (non-hydrogen) atoms. The second-order valence-corrected chi connectivity index (χ2v) is 2.98. The van der Waals surface area contributed by atoms with Crippen molar-refractivity contribution in [3.63, 3.8) is 0 Å².